The highest BCUT2D eigenvalue weighted by molar-refractivity contribution is 5.88. The molecule has 0 radical (unpaired) electrons. The lowest BCUT2D eigenvalue weighted by molar-refractivity contribution is -0.141. The van der Waals surface area contributed by atoms with Crippen molar-refractivity contribution in [2.45, 2.75) is 64.5 Å². The minimum absolute atomic E-state index is 0.00505. The van der Waals surface area contributed by atoms with Crippen molar-refractivity contribution < 1.29 is 9.59 Å². The molecule has 3 aromatic rings. The Labute approximate surface area is 210 Å². The first kappa shape index (κ1) is 26.2. The van der Waals surface area contributed by atoms with Crippen molar-refractivity contribution in [3.8, 4) is 0 Å². The second kappa shape index (κ2) is 12.3. The largest absolute Gasteiger partial charge is 0.350 e. The second-order valence-corrected chi connectivity index (χ2v) is 10.1. The number of nitrogens with zero attached hydrogens (tertiary/aromatic N) is 1. The Morgan fingerprint density at radius 3 is 1.74 bits per heavy atom. The number of amides is 2. The Morgan fingerprint density at radius 1 is 0.800 bits per heavy atom. The number of carbonyl (C=O) groups is 2. The Kier molecular flexibility index (Phi) is 9.25. The average molecular weight is 471 g/mol. The van der Waals surface area contributed by atoms with E-state index in [1.807, 2.05) is 82.3 Å². The molecule has 1 N–H and O–H groups in total. The van der Waals surface area contributed by atoms with Crippen LogP contribution in [-0.2, 0) is 16.0 Å². The maximum atomic E-state index is 13.9. The molecule has 3 rings (SSSR count). The van der Waals surface area contributed by atoms with Gasteiger partial charge in [-0.3, -0.25) is 9.59 Å². The van der Waals surface area contributed by atoms with Crippen LogP contribution >= 0.6 is 0 Å². The van der Waals surface area contributed by atoms with Gasteiger partial charge in [-0.2, -0.15) is 0 Å². The van der Waals surface area contributed by atoms with E-state index < -0.39 is 6.04 Å². The number of nitrogens with one attached hydrogen (secondary N) is 1. The first-order valence-corrected chi connectivity index (χ1v) is 12.5. The molecule has 0 unspecified atom stereocenters. The zero-order chi connectivity index (χ0) is 25.3. The molecule has 0 saturated heterocycles. The molecule has 1 atom stereocenters. The molecule has 0 bridgehead atoms. The monoisotopic (exact) mass is 470 g/mol. The van der Waals surface area contributed by atoms with Crippen LogP contribution < -0.4 is 5.32 Å². The molecule has 0 fully saturated rings. The number of hydrogen-bond acceptors (Lipinski definition) is 2. The maximum absolute atomic E-state index is 13.9. The first-order valence-electron chi connectivity index (χ1n) is 12.5. The van der Waals surface area contributed by atoms with E-state index in [1.165, 1.54) is 0 Å². The van der Waals surface area contributed by atoms with E-state index in [2.05, 4.69) is 41.7 Å². The van der Waals surface area contributed by atoms with E-state index in [4.69, 9.17) is 0 Å². The van der Waals surface area contributed by atoms with Gasteiger partial charge in [-0.15, -0.1) is 0 Å². The van der Waals surface area contributed by atoms with Gasteiger partial charge >= 0.3 is 0 Å². The molecule has 0 aliphatic rings. The number of carbonyl (C=O) groups excluding carboxylic acids is 2. The quantitative estimate of drug-likeness (QED) is 0.397. The molecular formula is C31H38N2O2. The molecule has 0 saturated carbocycles. The standard InChI is InChI=1S/C31H38N2O2/c1-5-28(30(35)32-31(2,3)4)33(22-21-24-15-9-6-10-16-24)29(34)23-27(25-17-11-7-12-18-25)26-19-13-8-14-20-26/h6-20,27-28H,5,21-23H2,1-4H3,(H,32,35)/t28-/m0/s1. The molecule has 4 heteroatoms. The van der Waals surface area contributed by atoms with Crippen molar-refractivity contribution in [2.24, 2.45) is 0 Å². The van der Waals surface area contributed by atoms with E-state index in [1.54, 1.807) is 4.90 Å². The molecule has 3 aromatic carbocycles. The molecule has 0 spiro atoms. The van der Waals surface area contributed by atoms with Gasteiger partial charge in [0.25, 0.3) is 0 Å². The van der Waals surface area contributed by atoms with Crippen molar-refractivity contribution in [1.82, 2.24) is 10.2 Å². The van der Waals surface area contributed by atoms with Gasteiger partial charge in [0, 0.05) is 24.4 Å². The highest BCUT2D eigenvalue weighted by Crippen LogP contribution is 2.29. The van der Waals surface area contributed by atoms with E-state index in [9.17, 15) is 9.59 Å². The van der Waals surface area contributed by atoms with Gasteiger partial charge in [0.1, 0.15) is 6.04 Å². The minimum Gasteiger partial charge on any atom is -0.350 e. The van der Waals surface area contributed by atoms with Crippen LogP contribution in [0.4, 0.5) is 0 Å². The summed E-state index contributed by atoms with van der Waals surface area (Å²) in [5.41, 5.74) is 2.98. The third-order valence-corrected chi connectivity index (χ3v) is 6.15. The summed E-state index contributed by atoms with van der Waals surface area (Å²) in [4.78, 5) is 29.0. The third-order valence-electron chi connectivity index (χ3n) is 6.15. The molecular weight excluding hydrogens is 432 g/mol. The van der Waals surface area contributed by atoms with Crippen LogP contribution in [0.3, 0.4) is 0 Å². The summed E-state index contributed by atoms with van der Waals surface area (Å²) in [6.07, 6.45) is 1.57. The van der Waals surface area contributed by atoms with E-state index in [0.29, 0.717) is 25.8 Å². The molecule has 184 valence electrons. The predicted molar refractivity (Wildman–Crippen MR) is 143 cm³/mol. The first-order chi connectivity index (χ1) is 16.8. The van der Waals surface area contributed by atoms with Gasteiger partial charge in [0.15, 0.2) is 0 Å². The molecule has 0 aliphatic heterocycles. The van der Waals surface area contributed by atoms with E-state index in [0.717, 1.165) is 16.7 Å². The van der Waals surface area contributed by atoms with Gasteiger partial charge in [0.05, 0.1) is 0 Å². The lowest BCUT2D eigenvalue weighted by Crippen LogP contribution is -2.54. The summed E-state index contributed by atoms with van der Waals surface area (Å²) in [5.74, 6) is -0.181. The van der Waals surface area contributed by atoms with Crippen molar-refractivity contribution in [2.75, 3.05) is 6.54 Å². The summed E-state index contributed by atoms with van der Waals surface area (Å²) < 4.78 is 0. The molecule has 0 aromatic heterocycles. The Balaban J connectivity index is 1.90. The summed E-state index contributed by atoms with van der Waals surface area (Å²) in [6.45, 7) is 8.37. The highest BCUT2D eigenvalue weighted by Gasteiger charge is 2.32. The number of benzene rings is 3. The SMILES string of the molecule is CC[C@@H](C(=O)NC(C)(C)C)N(CCc1ccccc1)C(=O)CC(c1ccccc1)c1ccccc1. The molecule has 0 aliphatic carbocycles. The highest BCUT2D eigenvalue weighted by atomic mass is 16.2. The van der Waals surface area contributed by atoms with Gasteiger partial charge in [-0.25, -0.2) is 0 Å². The summed E-state index contributed by atoms with van der Waals surface area (Å²) >= 11 is 0. The Hall–Kier alpha value is -3.40. The lowest BCUT2D eigenvalue weighted by atomic mass is 9.88. The summed E-state index contributed by atoms with van der Waals surface area (Å²) in [6, 6.07) is 29.9. The van der Waals surface area contributed by atoms with Gasteiger partial charge in [-0.05, 0) is 50.3 Å². The van der Waals surface area contributed by atoms with Crippen molar-refractivity contribution >= 4 is 11.8 Å². The van der Waals surface area contributed by atoms with Crippen LogP contribution in [0.15, 0.2) is 91.0 Å². The fourth-order valence-corrected chi connectivity index (χ4v) is 4.44. The fraction of sp³-hybridized carbons (Fsp3) is 0.355. The fourth-order valence-electron chi connectivity index (χ4n) is 4.44. The molecule has 0 heterocycles. The summed E-state index contributed by atoms with van der Waals surface area (Å²) in [5, 5.41) is 3.09. The second-order valence-electron chi connectivity index (χ2n) is 10.1. The zero-order valence-corrected chi connectivity index (χ0v) is 21.4. The van der Waals surface area contributed by atoms with E-state index >= 15 is 0 Å². The molecule has 2 amide bonds. The smallest absolute Gasteiger partial charge is 0.243 e. The van der Waals surface area contributed by atoms with Crippen LogP contribution in [0.5, 0.6) is 0 Å². The van der Waals surface area contributed by atoms with E-state index in [-0.39, 0.29) is 23.3 Å². The van der Waals surface area contributed by atoms with Gasteiger partial charge in [0.2, 0.25) is 11.8 Å². The average Bonchev–Trinajstić information content (AvgIpc) is 2.85. The van der Waals surface area contributed by atoms with Crippen LogP contribution in [-0.4, -0.2) is 34.8 Å². The van der Waals surface area contributed by atoms with Crippen LogP contribution in [0.25, 0.3) is 0 Å². The van der Waals surface area contributed by atoms with Crippen LogP contribution in [0.2, 0.25) is 0 Å². The zero-order valence-electron chi connectivity index (χ0n) is 21.4. The maximum Gasteiger partial charge on any atom is 0.243 e. The topological polar surface area (TPSA) is 49.4 Å². The van der Waals surface area contributed by atoms with Crippen molar-refractivity contribution in [1.29, 1.82) is 0 Å². The normalized spacial score (nSPS) is 12.3. The lowest BCUT2D eigenvalue weighted by Gasteiger charge is -2.34. The molecule has 35 heavy (non-hydrogen) atoms. The molecule has 4 nitrogen and oxygen atoms in total. The Morgan fingerprint density at radius 2 is 1.29 bits per heavy atom. The Bertz CT molecular complexity index is 1020. The number of hydrogen-bond donors (Lipinski definition) is 1. The minimum atomic E-state index is -0.516. The number of rotatable bonds is 10. The summed E-state index contributed by atoms with van der Waals surface area (Å²) in [7, 11) is 0. The van der Waals surface area contributed by atoms with Crippen LogP contribution in [0.1, 0.15) is 63.1 Å². The van der Waals surface area contributed by atoms with Crippen molar-refractivity contribution in [3.05, 3.63) is 108 Å². The predicted octanol–water partition coefficient (Wildman–Crippen LogP) is 5.97. The van der Waals surface area contributed by atoms with Gasteiger partial charge in [-0.1, -0.05) is 97.9 Å². The van der Waals surface area contributed by atoms with Crippen molar-refractivity contribution in [3.63, 3.8) is 0 Å². The van der Waals surface area contributed by atoms with Crippen LogP contribution in [0, 0.1) is 0 Å². The van der Waals surface area contributed by atoms with Gasteiger partial charge < -0.3 is 10.2 Å². The third kappa shape index (κ3) is 7.81.